The van der Waals surface area contributed by atoms with Gasteiger partial charge in [-0.05, 0) is 41.9 Å². The highest BCUT2D eigenvalue weighted by molar-refractivity contribution is 9.10. The molecular weight excluding hydrogens is 330 g/mol. The highest BCUT2D eigenvalue weighted by atomic mass is 79.9. The molecule has 1 N–H and O–H groups in total. The second kappa shape index (κ2) is 5.87. The standard InChI is InChI=1S/C14H17BrF2N2O/c1-14(2,19-7-5-18-6-8-19)13(20)11-10(16)4-3-9(15)12(11)17/h3-4,18H,5-8H2,1-2H3. The molecule has 0 aliphatic carbocycles. The predicted molar refractivity (Wildman–Crippen MR) is 76.9 cm³/mol. The third-order valence-corrected chi connectivity index (χ3v) is 4.35. The number of hydrogen-bond acceptors (Lipinski definition) is 3. The molecule has 0 unspecified atom stereocenters. The second-order valence-electron chi connectivity index (χ2n) is 5.34. The molecule has 0 aromatic heterocycles. The van der Waals surface area contributed by atoms with Gasteiger partial charge in [0.1, 0.15) is 5.82 Å². The Balaban J connectivity index is 2.37. The number of rotatable bonds is 3. The molecule has 1 fully saturated rings. The fourth-order valence-electron chi connectivity index (χ4n) is 2.41. The summed E-state index contributed by atoms with van der Waals surface area (Å²) in [7, 11) is 0. The first-order chi connectivity index (χ1) is 9.35. The number of benzene rings is 1. The normalized spacial score (nSPS) is 17.2. The number of ketones is 1. The smallest absolute Gasteiger partial charge is 0.188 e. The predicted octanol–water partition coefficient (Wildman–Crippen LogP) is 2.59. The minimum absolute atomic E-state index is 0.0957. The number of piperazine rings is 1. The van der Waals surface area contributed by atoms with Crippen LogP contribution in [0.3, 0.4) is 0 Å². The molecule has 0 saturated carbocycles. The fourth-order valence-corrected chi connectivity index (χ4v) is 2.74. The van der Waals surface area contributed by atoms with Crippen LogP contribution in [0.5, 0.6) is 0 Å². The van der Waals surface area contributed by atoms with E-state index in [0.717, 1.165) is 19.2 Å². The molecule has 0 atom stereocenters. The number of hydrogen-bond donors (Lipinski definition) is 1. The van der Waals surface area contributed by atoms with E-state index in [1.807, 2.05) is 4.90 Å². The first kappa shape index (κ1) is 15.5. The SMILES string of the molecule is CC(C)(C(=O)c1c(F)ccc(Br)c1F)N1CCNCC1. The number of nitrogens with zero attached hydrogens (tertiary/aromatic N) is 1. The van der Waals surface area contributed by atoms with Crippen molar-refractivity contribution < 1.29 is 13.6 Å². The van der Waals surface area contributed by atoms with E-state index in [-0.39, 0.29) is 4.47 Å². The lowest BCUT2D eigenvalue weighted by atomic mass is 9.90. The molecule has 110 valence electrons. The van der Waals surface area contributed by atoms with Crippen LogP contribution in [-0.4, -0.2) is 42.4 Å². The van der Waals surface area contributed by atoms with Crippen molar-refractivity contribution in [3.63, 3.8) is 0 Å². The number of carbonyl (C=O) groups is 1. The minimum Gasteiger partial charge on any atom is -0.314 e. The van der Waals surface area contributed by atoms with Gasteiger partial charge in [-0.2, -0.15) is 0 Å². The third kappa shape index (κ3) is 2.77. The van der Waals surface area contributed by atoms with Crippen molar-refractivity contribution in [2.24, 2.45) is 0 Å². The summed E-state index contributed by atoms with van der Waals surface area (Å²) < 4.78 is 28.0. The Labute approximate surface area is 125 Å². The molecule has 0 radical (unpaired) electrons. The van der Waals surface area contributed by atoms with Crippen molar-refractivity contribution in [3.05, 3.63) is 33.8 Å². The summed E-state index contributed by atoms with van der Waals surface area (Å²) in [5.41, 5.74) is -1.41. The van der Waals surface area contributed by atoms with Crippen molar-refractivity contribution in [3.8, 4) is 0 Å². The fraction of sp³-hybridized carbons (Fsp3) is 0.500. The highest BCUT2D eigenvalue weighted by Gasteiger charge is 2.38. The number of nitrogens with one attached hydrogen (secondary N) is 1. The Morgan fingerprint density at radius 2 is 1.90 bits per heavy atom. The van der Waals surface area contributed by atoms with Crippen LogP contribution in [-0.2, 0) is 0 Å². The molecule has 3 nitrogen and oxygen atoms in total. The van der Waals surface area contributed by atoms with E-state index in [4.69, 9.17) is 0 Å². The minimum atomic E-state index is -0.940. The topological polar surface area (TPSA) is 32.3 Å². The van der Waals surface area contributed by atoms with Crippen molar-refractivity contribution in [2.45, 2.75) is 19.4 Å². The molecule has 0 amide bonds. The number of carbonyl (C=O) groups excluding carboxylic acids is 1. The molecule has 1 aromatic carbocycles. The molecule has 1 saturated heterocycles. The number of Topliss-reactive ketones (excluding diaryl/α,β-unsaturated/α-hetero) is 1. The van der Waals surface area contributed by atoms with Gasteiger partial charge in [-0.25, -0.2) is 8.78 Å². The Morgan fingerprint density at radius 3 is 2.50 bits per heavy atom. The summed E-state index contributed by atoms with van der Waals surface area (Å²) in [6.07, 6.45) is 0. The van der Waals surface area contributed by atoms with E-state index < -0.39 is 28.5 Å². The molecule has 20 heavy (non-hydrogen) atoms. The van der Waals surface area contributed by atoms with Gasteiger partial charge < -0.3 is 5.32 Å². The number of halogens is 3. The first-order valence-corrected chi connectivity index (χ1v) is 7.29. The molecule has 1 aliphatic rings. The quantitative estimate of drug-likeness (QED) is 0.674. The first-order valence-electron chi connectivity index (χ1n) is 6.49. The summed E-state index contributed by atoms with van der Waals surface area (Å²) in [5, 5.41) is 3.19. The van der Waals surface area contributed by atoms with E-state index in [0.29, 0.717) is 13.1 Å². The van der Waals surface area contributed by atoms with Gasteiger partial charge in [0.05, 0.1) is 15.6 Å². The summed E-state index contributed by atoms with van der Waals surface area (Å²) in [6.45, 7) is 6.30. The van der Waals surface area contributed by atoms with E-state index in [1.54, 1.807) is 13.8 Å². The molecule has 0 bridgehead atoms. The van der Waals surface area contributed by atoms with Gasteiger partial charge >= 0.3 is 0 Å². The molecule has 1 aliphatic heterocycles. The maximum Gasteiger partial charge on any atom is 0.188 e. The lowest BCUT2D eigenvalue weighted by Gasteiger charge is -2.40. The molecule has 0 spiro atoms. The Bertz CT molecular complexity index is 528. The Kier molecular flexibility index (Phi) is 4.56. The van der Waals surface area contributed by atoms with E-state index in [9.17, 15) is 13.6 Å². The summed E-state index contributed by atoms with van der Waals surface area (Å²) in [4.78, 5) is 14.5. The van der Waals surface area contributed by atoms with Gasteiger partial charge in [0, 0.05) is 26.2 Å². The van der Waals surface area contributed by atoms with Crippen molar-refractivity contribution in [1.29, 1.82) is 0 Å². The third-order valence-electron chi connectivity index (χ3n) is 3.73. The van der Waals surface area contributed by atoms with Gasteiger partial charge in [0.15, 0.2) is 11.6 Å². The Hall–Kier alpha value is -0.850. The molecule has 6 heteroatoms. The zero-order valence-corrected chi connectivity index (χ0v) is 13.1. The summed E-state index contributed by atoms with van der Waals surface area (Å²) in [6, 6.07) is 2.37. The lowest BCUT2D eigenvalue weighted by Crippen LogP contribution is -2.57. The van der Waals surface area contributed by atoms with Gasteiger partial charge in [0.2, 0.25) is 0 Å². The molecule has 2 rings (SSSR count). The maximum absolute atomic E-state index is 14.1. The zero-order chi connectivity index (χ0) is 14.9. The van der Waals surface area contributed by atoms with Gasteiger partial charge in [-0.3, -0.25) is 9.69 Å². The molecular formula is C14H17BrF2N2O. The van der Waals surface area contributed by atoms with Crippen LogP contribution in [0.2, 0.25) is 0 Å². The van der Waals surface area contributed by atoms with Crippen LogP contribution in [0.4, 0.5) is 8.78 Å². The van der Waals surface area contributed by atoms with E-state index >= 15 is 0 Å². The van der Waals surface area contributed by atoms with Gasteiger partial charge in [0.25, 0.3) is 0 Å². The highest BCUT2D eigenvalue weighted by Crippen LogP contribution is 2.28. The second-order valence-corrected chi connectivity index (χ2v) is 6.20. The average Bonchev–Trinajstić information content (AvgIpc) is 2.44. The van der Waals surface area contributed by atoms with E-state index in [2.05, 4.69) is 21.2 Å². The zero-order valence-electron chi connectivity index (χ0n) is 11.5. The summed E-state index contributed by atoms with van der Waals surface area (Å²) in [5.74, 6) is -2.19. The van der Waals surface area contributed by atoms with Crippen LogP contribution < -0.4 is 5.32 Å². The average molecular weight is 347 g/mol. The van der Waals surface area contributed by atoms with Crippen molar-refractivity contribution >= 4 is 21.7 Å². The Morgan fingerprint density at radius 1 is 1.30 bits per heavy atom. The van der Waals surface area contributed by atoms with Crippen LogP contribution >= 0.6 is 15.9 Å². The summed E-state index contributed by atoms with van der Waals surface area (Å²) >= 11 is 2.99. The van der Waals surface area contributed by atoms with Crippen LogP contribution in [0.1, 0.15) is 24.2 Å². The van der Waals surface area contributed by atoms with Crippen molar-refractivity contribution in [1.82, 2.24) is 10.2 Å². The van der Waals surface area contributed by atoms with Crippen LogP contribution in [0.25, 0.3) is 0 Å². The van der Waals surface area contributed by atoms with Gasteiger partial charge in [-0.15, -0.1) is 0 Å². The van der Waals surface area contributed by atoms with Crippen LogP contribution in [0, 0.1) is 11.6 Å². The van der Waals surface area contributed by atoms with Crippen LogP contribution in [0.15, 0.2) is 16.6 Å². The maximum atomic E-state index is 14.1. The van der Waals surface area contributed by atoms with Crippen molar-refractivity contribution in [2.75, 3.05) is 26.2 Å². The monoisotopic (exact) mass is 346 g/mol. The largest absolute Gasteiger partial charge is 0.314 e. The van der Waals surface area contributed by atoms with Gasteiger partial charge in [-0.1, -0.05) is 0 Å². The van der Waals surface area contributed by atoms with E-state index in [1.165, 1.54) is 6.07 Å². The lowest BCUT2D eigenvalue weighted by molar-refractivity contribution is 0.0593. The molecule has 1 heterocycles. The molecule has 1 aromatic rings.